The van der Waals surface area contributed by atoms with Crippen LogP contribution in [-0.2, 0) is 0 Å². The van der Waals surface area contributed by atoms with E-state index < -0.39 is 29.2 Å². The van der Waals surface area contributed by atoms with Crippen LogP contribution in [0.5, 0.6) is 5.75 Å². The monoisotopic (exact) mass is 334 g/mol. The number of nitrogens with zero attached hydrogens (tertiary/aromatic N) is 1. The van der Waals surface area contributed by atoms with Crippen molar-refractivity contribution in [3.8, 4) is 5.75 Å². The topological polar surface area (TPSA) is 71.5 Å². The van der Waals surface area contributed by atoms with Crippen LogP contribution in [-0.4, -0.2) is 29.1 Å². The molecule has 1 aromatic heterocycles. The van der Waals surface area contributed by atoms with Crippen molar-refractivity contribution in [1.82, 2.24) is 10.3 Å². The molecular formula is C17H16F2N2O3. The average molecular weight is 334 g/mol. The van der Waals surface area contributed by atoms with Gasteiger partial charge in [-0.25, -0.2) is 13.8 Å². The van der Waals surface area contributed by atoms with E-state index in [4.69, 9.17) is 4.74 Å². The number of hydrogen-bond acceptors (Lipinski definition) is 4. The summed E-state index contributed by atoms with van der Waals surface area (Å²) in [4.78, 5) is 16.1. The highest BCUT2D eigenvalue weighted by molar-refractivity contribution is 5.94. The normalized spacial score (nSPS) is 11.6. The fourth-order valence-corrected chi connectivity index (χ4v) is 2.03. The fraction of sp³-hybridized carbons (Fsp3) is 0.176. The molecule has 0 saturated heterocycles. The Kier molecular flexibility index (Phi) is 5.97. The summed E-state index contributed by atoms with van der Waals surface area (Å²) in [7, 11) is 0. The largest absolute Gasteiger partial charge is 0.487 e. The molecule has 0 spiro atoms. The molecule has 0 aliphatic heterocycles. The number of hydrogen-bond donors (Lipinski definition) is 2. The molecule has 1 heterocycles. The Morgan fingerprint density at radius 2 is 2.04 bits per heavy atom. The Morgan fingerprint density at radius 3 is 2.71 bits per heavy atom. The number of nitrogens with one attached hydrogen (secondary N) is 1. The van der Waals surface area contributed by atoms with E-state index >= 15 is 0 Å². The number of aliphatic hydroxyl groups excluding tert-OH is 1. The molecule has 0 fully saturated rings. The van der Waals surface area contributed by atoms with Crippen molar-refractivity contribution in [3.63, 3.8) is 0 Å². The van der Waals surface area contributed by atoms with Crippen LogP contribution in [0.15, 0.2) is 49.2 Å². The molecule has 0 bridgehead atoms. The van der Waals surface area contributed by atoms with Gasteiger partial charge in [0, 0.05) is 12.7 Å². The quantitative estimate of drug-likeness (QED) is 0.763. The van der Waals surface area contributed by atoms with Gasteiger partial charge in [0.1, 0.15) is 24.3 Å². The first-order valence-corrected chi connectivity index (χ1v) is 7.13. The molecule has 1 amide bonds. The van der Waals surface area contributed by atoms with Gasteiger partial charge < -0.3 is 15.2 Å². The minimum Gasteiger partial charge on any atom is -0.487 e. The summed E-state index contributed by atoms with van der Waals surface area (Å²) in [5.74, 6) is -2.17. The minimum absolute atomic E-state index is 0.000514. The molecule has 0 aliphatic rings. The summed E-state index contributed by atoms with van der Waals surface area (Å²) in [6, 6.07) is 6.40. The smallest absolute Gasteiger partial charge is 0.273 e. The van der Waals surface area contributed by atoms with Gasteiger partial charge in [-0.15, -0.1) is 0 Å². The summed E-state index contributed by atoms with van der Waals surface area (Å²) in [6.45, 7) is 3.32. The standard InChI is InChI=1S/C17H16F2N2O3/c1-2-9-24-14-7-4-8-20-16(14)17(23)21-10-13(22)15-11(18)5-3-6-12(15)19/h2-8,13,22H,1,9-10H2,(H,21,23). The van der Waals surface area contributed by atoms with Crippen molar-refractivity contribution < 1.29 is 23.4 Å². The van der Waals surface area contributed by atoms with Crippen LogP contribution in [0.4, 0.5) is 8.78 Å². The zero-order chi connectivity index (χ0) is 17.5. The first-order valence-electron chi connectivity index (χ1n) is 7.13. The Hall–Kier alpha value is -2.80. The molecule has 1 unspecified atom stereocenters. The van der Waals surface area contributed by atoms with Crippen molar-refractivity contribution in [2.45, 2.75) is 6.10 Å². The first kappa shape index (κ1) is 17.6. The lowest BCUT2D eigenvalue weighted by atomic mass is 10.1. The maximum absolute atomic E-state index is 13.6. The highest BCUT2D eigenvalue weighted by Gasteiger charge is 2.20. The van der Waals surface area contributed by atoms with Gasteiger partial charge in [-0.1, -0.05) is 18.7 Å². The van der Waals surface area contributed by atoms with Gasteiger partial charge in [0.25, 0.3) is 5.91 Å². The fourth-order valence-electron chi connectivity index (χ4n) is 2.03. The van der Waals surface area contributed by atoms with Gasteiger partial charge in [0.15, 0.2) is 11.4 Å². The van der Waals surface area contributed by atoms with Gasteiger partial charge in [-0.3, -0.25) is 4.79 Å². The van der Waals surface area contributed by atoms with Gasteiger partial charge in [0.05, 0.1) is 5.56 Å². The zero-order valence-corrected chi connectivity index (χ0v) is 12.7. The molecule has 1 aromatic carbocycles. The summed E-state index contributed by atoms with van der Waals surface area (Å²) >= 11 is 0. The van der Waals surface area contributed by atoms with Crippen molar-refractivity contribution in [1.29, 1.82) is 0 Å². The van der Waals surface area contributed by atoms with Crippen molar-refractivity contribution in [2.75, 3.05) is 13.2 Å². The van der Waals surface area contributed by atoms with Gasteiger partial charge >= 0.3 is 0 Å². The molecule has 2 rings (SSSR count). The molecule has 24 heavy (non-hydrogen) atoms. The average Bonchev–Trinajstić information content (AvgIpc) is 2.58. The van der Waals surface area contributed by atoms with Crippen molar-refractivity contribution in [2.24, 2.45) is 0 Å². The highest BCUT2D eigenvalue weighted by Crippen LogP contribution is 2.20. The number of ether oxygens (including phenoxy) is 1. The third kappa shape index (κ3) is 4.14. The molecule has 1 atom stereocenters. The van der Waals surface area contributed by atoms with E-state index in [0.29, 0.717) is 0 Å². The van der Waals surface area contributed by atoms with Crippen LogP contribution in [0.1, 0.15) is 22.2 Å². The lowest BCUT2D eigenvalue weighted by Gasteiger charge is -2.14. The first-order chi connectivity index (χ1) is 11.5. The van der Waals surface area contributed by atoms with Crippen LogP contribution in [0, 0.1) is 11.6 Å². The lowest BCUT2D eigenvalue weighted by molar-refractivity contribution is 0.0902. The number of carbonyl (C=O) groups is 1. The maximum Gasteiger partial charge on any atom is 0.273 e. The molecule has 0 saturated carbocycles. The summed E-state index contributed by atoms with van der Waals surface area (Å²) in [6.07, 6.45) is 1.39. The van der Waals surface area contributed by atoms with Gasteiger partial charge in [0.2, 0.25) is 0 Å². The molecule has 5 nitrogen and oxygen atoms in total. The number of rotatable bonds is 7. The number of pyridine rings is 1. The van der Waals surface area contributed by atoms with Crippen LogP contribution in [0.2, 0.25) is 0 Å². The maximum atomic E-state index is 13.6. The molecule has 7 heteroatoms. The van der Waals surface area contributed by atoms with E-state index in [1.54, 1.807) is 12.1 Å². The second kappa shape index (κ2) is 8.16. The minimum atomic E-state index is -1.53. The summed E-state index contributed by atoms with van der Waals surface area (Å²) in [5.41, 5.74) is -0.498. The number of amides is 1. The molecule has 0 aliphatic carbocycles. The van der Waals surface area contributed by atoms with Crippen LogP contribution >= 0.6 is 0 Å². The van der Waals surface area contributed by atoms with E-state index in [2.05, 4.69) is 16.9 Å². The van der Waals surface area contributed by atoms with Crippen LogP contribution < -0.4 is 10.1 Å². The number of halogens is 2. The Balaban J connectivity index is 2.07. The zero-order valence-electron chi connectivity index (χ0n) is 12.7. The van der Waals surface area contributed by atoms with E-state index in [0.717, 1.165) is 12.1 Å². The van der Waals surface area contributed by atoms with Crippen molar-refractivity contribution >= 4 is 5.91 Å². The Bertz CT molecular complexity index is 717. The van der Waals surface area contributed by atoms with E-state index in [9.17, 15) is 18.7 Å². The van der Waals surface area contributed by atoms with E-state index in [1.165, 1.54) is 18.3 Å². The molecule has 0 radical (unpaired) electrons. The number of aromatic nitrogens is 1. The van der Waals surface area contributed by atoms with Gasteiger partial charge in [-0.2, -0.15) is 0 Å². The predicted octanol–water partition coefficient (Wildman–Crippen LogP) is 2.39. The number of benzene rings is 1. The lowest BCUT2D eigenvalue weighted by Crippen LogP contribution is -2.30. The van der Waals surface area contributed by atoms with E-state index in [1.807, 2.05) is 0 Å². The second-order valence-electron chi connectivity index (χ2n) is 4.81. The predicted molar refractivity (Wildman–Crippen MR) is 83.6 cm³/mol. The number of aliphatic hydroxyl groups is 1. The Labute approximate surface area is 137 Å². The van der Waals surface area contributed by atoms with Crippen LogP contribution in [0.25, 0.3) is 0 Å². The molecular weight excluding hydrogens is 318 g/mol. The molecule has 126 valence electrons. The van der Waals surface area contributed by atoms with Gasteiger partial charge in [-0.05, 0) is 24.3 Å². The molecule has 2 N–H and O–H groups in total. The second-order valence-corrected chi connectivity index (χ2v) is 4.81. The SMILES string of the molecule is C=CCOc1cccnc1C(=O)NCC(O)c1c(F)cccc1F. The molecule has 2 aromatic rings. The van der Waals surface area contributed by atoms with Crippen molar-refractivity contribution in [3.05, 3.63) is 72.1 Å². The third-order valence-corrected chi connectivity index (χ3v) is 3.13. The highest BCUT2D eigenvalue weighted by atomic mass is 19.1. The van der Waals surface area contributed by atoms with Crippen LogP contribution in [0.3, 0.4) is 0 Å². The number of carbonyl (C=O) groups excluding carboxylic acids is 1. The van der Waals surface area contributed by atoms with E-state index in [-0.39, 0.29) is 24.6 Å². The summed E-state index contributed by atoms with van der Waals surface area (Å²) < 4.78 is 32.5. The third-order valence-electron chi connectivity index (χ3n) is 3.13. The Morgan fingerprint density at radius 1 is 1.33 bits per heavy atom. The summed E-state index contributed by atoms with van der Waals surface area (Å²) in [5, 5.41) is 12.3.